The van der Waals surface area contributed by atoms with Crippen molar-refractivity contribution in [2.75, 3.05) is 7.11 Å². The van der Waals surface area contributed by atoms with E-state index in [1.54, 1.807) is 32.3 Å². The fraction of sp³-hybridized carbons (Fsp3) is 0.368. The zero-order valence-corrected chi connectivity index (χ0v) is 14.1. The van der Waals surface area contributed by atoms with Gasteiger partial charge in [-0.25, -0.2) is 4.79 Å². The van der Waals surface area contributed by atoms with Gasteiger partial charge in [0, 0.05) is 19.1 Å². The number of carboxylic acids is 2. The van der Waals surface area contributed by atoms with Crippen molar-refractivity contribution in [1.29, 1.82) is 0 Å². The van der Waals surface area contributed by atoms with Gasteiger partial charge in [0.15, 0.2) is 0 Å². The molecule has 5 heteroatoms. The van der Waals surface area contributed by atoms with Gasteiger partial charge in [-0.15, -0.1) is 0 Å². The molecule has 0 radical (unpaired) electrons. The van der Waals surface area contributed by atoms with E-state index in [9.17, 15) is 19.8 Å². The molecule has 1 aliphatic rings. The summed E-state index contributed by atoms with van der Waals surface area (Å²) in [5.41, 5.74) is 1.74. The number of hydrogen-bond donors (Lipinski definition) is 2. The summed E-state index contributed by atoms with van der Waals surface area (Å²) in [7, 11) is 1.56. The highest BCUT2D eigenvalue weighted by atomic mass is 16.5. The van der Waals surface area contributed by atoms with Crippen molar-refractivity contribution in [2.45, 2.75) is 38.7 Å². The van der Waals surface area contributed by atoms with Crippen molar-refractivity contribution >= 4 is 11.9 Å². The molecule has 0 saturated heterocycles. The Morgan fingerprint density at radius 1 is 1.29 bits per heavy atom. The summed E-state index contributed by atoms with van der Waals surface area (Å²) in [5.74, 6) is -2.14. The van der Waals surface area contributed by atoms with Crippen LogP contribution in [0, 0.1) is 0 Å². The Labute approximate surface area is 141 Å². The third-order valence-electron chi connectivity index (χ3n) is 4.61. The van der Waals surface area contributed by atoms with E-state index in [4.69, 9.17) is 4.74 Å². The molecule has 0 bridgehead atoms. The molecule has 1 aromatic carbocycles. The van der Waals surface area contributed by atoms with E-state index in [2.05, 4.69) is 0 Å². The second-order valence-corrected chi connectivity index (χ2v) is 5.98. The lowest BCUT2D eigenvalue weighted by Gasteiger charge is -2.32. The van der Waals surface area contributed by atoms with Crippen LogP contribution in [0.3, 0.4) is 0 Å². The van der Waals surface area contributed by atoms with Crippen LogP contribution in [-0.4, -0.2) is 29.3 Å². The smallest absolute Gasteiger partial charge is 0.331 e. The van der Waals surface area contributed by atoms with Gasteiger partial charge >= 0.3 is 11.9 Å². The SMILES string of the molecule is CCc1cccc(C2(C(=O)O)C=CC(C)=C(C(=O)O)C2)c1COC. The number of methoxy groups -OCH3 is 1. The number of allylic oxidation sites excluding steroid dienone is 2. The van der Waals surface area contributed by atoms with E-state index in [0.717, 1.165) is 17.5 Å². The number of rotatable bonds is 6. The molecule has 0 spiro atoms. The lowest BCUT2D eigenvalue weighted by Crippen LogP contribution is -2.38. The third kappa shape index (κ3) is 2.99. The molecule has 24 heavy (non-hydrogen) atoms. The highest BCUT2D eigenvalue weighted by Gasteiger charge is 2.43. The Hall–Kier alpha value is -2.40. The van der Waals surface area contributed by atoms with Crippen LogP contribution < -0.4 is 0 Å². The van der Waals surface area contributed by atoms with Crippen molar-refractivity contribution < 1.29 is 24.5 Å². The number of benzene rings is 1. The zero-order chi connectivity index (χ0) is 17.9. The standard InChI is InChI=1S/C19H22O5/c1-4-13-6-5-7-16(15(13)11-24-3)19(18(22)23)9-8-12(2)14(10-19)17(20)21/h5-9H,4,10-11H2,1-3H3,(H,20,21)(H,22,23). The van der Waals surface area contributed by atoms with E-state index in [1.165, 1.54) is 0 Å². The highest BCUT2D eigenvalue weighted by molar-refractivity contribution is 5.94. The molecule has 0 saturated carbocycles. The van der Waals surface area contributed by atoms with E-state index in [0.29, 0.717) is 11.1 Å². The fourth-order valence-corrected chi connectivity index (χ4v) is 3.24. The average Bonchev–Trinajstić information content (AvgIpc) is 2.55. The first-order valence-corrected chi connectivity index (χ1v) is 7.83. The van der Waals surface area contributed by atoms with Gasteiger partial charge < -0.3 is 14.9 Å². The van der Waals surface area contributed by atoms with Gasteiger partial charge in [0.1, 0.15) is 5.41 Å². The Balaban J connectivity index is 2.69. The first kappa shape index (κ1) is 17.9. The van der Waals surface area contributed by atoms with Crippen molar-refractivity contribution in [3.8, 4) is 0 Å². The molecule has 0 aromatic heterocycles. The summed E-state index contributed by atoms with van der Waals surface area (Å²) in [6.45, 7) is 3.97. The quantitative estimate of drug-likeness (QED) is 0.837. The summed E-state index contributed by atoms with van der Waals surface area (Å²) >= 11 is 0. The first-order chi connectivity index (χ1) is 11.4. The van der Waals surface area contributed by atoms with Crippen molar-refractivity contribution in [1.82, 2.24) is 0 Å². The summed E-state index contributed by atoms with van der Waals surface area (Å²) in [6, 6.07) is 5.52. The van der Waals surface area contributed by atoms with Gasteiger partial charge in [0.05, 0.1) is 6.61 Å². The number of carboxylic acid groups (broad SMARTS) is 2. The lowest BCUT2D eigenvalue weighted by atomic mass is 9.69. The second kappa shape index (κ2) is 7.01. The highest BCUT2D eigenvalue weighted by Crippen LogP contribution is 2.40. The fourth-order valence-electron chi connectivity index (χ4n) is 3.24. The predicted molar refractivity (Wildman–Crippen MR) is 89.9 cm³/mol. The molecule has 0 heterocycles. The van der Waals surface area contributed by atoms with Gasteiger partial charge in [-0.1, -0.05) is 37.3 Å². The molecule has 0 amide bonds. The van der Waals surface area contributed by atoms with Gasteiger partial charge in [-0.3, -0.25) is 4.79 Å². The van der Waals surface area contributed by atoms with Crippen molar-refractivity contribution in [2.24, 2.45) is 0 Å². The number of ether oxygens (including phenoxy) is 1. The number of carbonyl (C=O) groups is 2. The molecule has 2 rings (SSSR count). The third-order valence-corrected chi connectivity index (χ3v) is 4.61. The Kier molecular flexibility index (Phi) is 5.24. The van der Waals surface area contributed by atoms with Crippen LogP contribution >= 0.6 is 0 Å². The molecule has 1 atom stereocenters. The maximum Gasteiger partial charge on any atom is 0.331 e. The van der Waals surface area contributed by atoms with Crippen LogP contribution in [0.25, 0.3) is 0 Å². The molecule has 128 valence electrons. The minimum atomic E-state index is -1.40. The minimum Gasteiger partial charge on any atom is -0.480 e. The van der Waals surface area contributed by atoms with Crippen molar-refractivity contribution in [3.05, 3.63) is 58.2 Å². The van der Waals surface area contributed by atoms with Crippen LogP contribution in [0.4, 0.5) is 0 Å². The van der Waals surface area contributed by atoms with Crippen LogP contribution in [0.2, 0.25) is 0 Å². The molecule has 0 aliphatic heterocycles. The van der Waals surface area contributed by atoms with Crippen molar-refractivity contribution in [3.63, 3.8) is 0 Å². The van der Waals surface area contributed by atoms with Crippen LogP contribution in [0.5, 0.6) is 0 Å². The molecule has 2 N–H and O–H groups in total. The molecule has 1 aliphatic carbocycles. The number of aliphatic carboxylic acids is 2. The molecule has 0 fully saturated rings. The van der Waals surface area contributed by atoms with Gasteiger partial charge in [0.2, 0.25) is 0 Å². The normalized spacial score (nSPS) is 20.3. The number of aryl methyl sites for hydroxylation is 1. The van der Waals surface area contributed by atoms with E-state index >= 15 is 0 Å². The van der Waals surface area contributed by atoms with Crippen LogP contribution in [0.15, 0.2) is 41.5 Å². The Morgan fingerprint density at radius 2 is 2.00 bits per heavy atom. The second-order valence-electron chi connectivity index (χ2n) is 5.98. The monoisotopic (exact) mass is 330 g/mol. The molecular formula is C19H22O5. The molecule has 1 unspecified atom stereocenters. The van der Waals surface area contributed by atoms with Crippen LogP contribution in [-0.2, 0) is 32.8 Å². The summed E-state index contributed by atoms with van der Waals surface area (Å²) in [6.07, 6.45) is 3.86. The van der Waals surface area contributed by atoms with E-state index < -0.39 is 17.4 Å². The number of hydrogen-bond acceptors (Lipinski definition) is 3. The molecule has 5 nitrogen and oxygen atoms in total. The van der Waals surface area contributed by atoms with E-state index in [1.807, 2.05) is 19.1 Å². The van der Waals surface area contributed by atoms with Gasteiger partial charge in [0.25, 0.3) is 0 Å². The Bertz CT molecular complexity index is 729. The zero-order valence-electron chi connectivity index (χ0n) is 14.1. The van der Waals surface area contributed by atoms with Gasteiger partial charge in [-0.2, -0.15) is 0 Å². The summed E-state index contributed by atoms with van der Waals surface area (Å²) in [5, 5.41) is 19.4. The topological polar surface area (TPSA) is 83.8 Å². The average molecular weight is 330 g/mol. The maximum absolute atomic E-state index is 12.2. The van der Waals surface area contributed by atoms with E-state index in [-0.39, 0.29) is 18.6 Å². The minimum absolute atomic E-state index is 0.0795. The predicted octanol–water partition coefficient (Wildman–Crippen LogP) is 3.08. The maximum atomic E-state index is 12.2. The largest absolute Gasteiger partial charge is 0.480 e. The van der Waals surface area contributed by atoms with Gasteiger partial charge in [-0.05, 0) is 35.6 Å². The first-order valence-electron chi connectivity index (χ1n) is 7.83. The van der Waals surface area contributed by atoms with Crippen LogP contribution in [0.1, 0.15) is 37.0 Å². The summed E-state index contributed by atoms with van der Waals surface area (Å²) in [4.78, 5) is 23.7. The lowest BCUT2D eigenvalue weighted by molar-refractivity contribution is -0.142. The molecule has 1 aromatic rings. The summed E-state index contributed by atoms with van der Waals surface area (Å²) < 4.78 is 5.28. The molecular weight excluding hydrogens is 308 g/mol. The Morgan fingerprint density at radius 3 is 2.54 bits per heavy atom.